The fourth-order valence-corrected chi connectivity index (χ4v) is 7.92. The molecule has 1 aliphatic carbocycles. The molecule has 8 aromatic rings. The summed E-state index contributed by atoms with van der Waals surface area (Å²) in [5.74, 6) is 0. The minimum absolute atomic E-state index is 0.192. The van der Waals surface area contributed by atoms with E-state index in [0.29, 0.717) is 0 Å². The molecule has 0 unspecified atom stereocenters. The summed E-state index contributed by atoms with van der Waals surface area (Å²) in [5, 5.41) is 2.54. The van der Waals surface area contributed by atoms with Crippen molar-refractivity contribution in [1.29, 1.82) is 0 Å². The average molecular weight is 640 g/mol. The number of fused-ring (bicyclic) bond motifs is 4. The Morgan fingerprint density at radius 3 is 1.46 bits per heavy atom. The van der Waals surface area contributed by atoms with E-state index in [0.717, 1.165) is 17.1 Å². The van der Waals surface area contributed by atoms with Crippen molar-refractivity contribution in [2.24, 2.45) is 0 Å². The van der Waals surface area contributed by atoms with Crippen LogP contribution in [0.2, 0.25) is 0 Å². The summed E-state index contributed by atoms with van der Waals surface area (Å²) in [6.45, 7) is 4.78. The third kappa shape index (κ3) is 5.11. The maximum Gasteiger partial charge on any atom is 0.0465 e. The molecule has 0 N–H and O–H groups in total. The van der Waals surface area contributed by atoms with Crippen LogP contribution in [0.4, 0.5) is 17.1 Å². The van der Waals surface area contributed by atoms with E-state index >= 15 is 0 Å². The molecule has 0 atom stereocenters. The van der Waals surface area contributed by atoms with E-state index in [4.69, 9.17) is 0 Å². The first kappa shape index (κ1) is 29.9. The minimum Gasteiger partial charge on any atom is -0.310 e. The Balaban J connectivity index is 1.15. The lowest BCUT2D eigenvalue weighted by molar-refractivity contribution is 0.662. The first-order chi connectivity index (χ1) is 24.5. The maximum absolute atomic E-state index is 2.43. The zero-order valence-corrected chi connectivity index (χ0v) is 28.3. The monoisotopic (exact) mass is 639 g/mol. The quantitative estimate of drug-likeness (QED) is 0.175. The van der Waals surface area contributed by atoms with Gasteiger partial charge in [-0.3, -0.25) is 0 Å². The van der Waals surface area contributed by atoms with E-state index < -0.39 is 0 Å². The third-order valence-corrected chi connectivity index (χ3v) is 10.4. The normalized spacial score (nSPS) is 12.8. The van der Waals surface area contributed by atoms with Crippen LogP contribution in [0, 0.1) is 0 Å². The Bertz CT molecular complexity index is 2390. The van der Waals surface area contributed by atoms with Crippen LogP contribution in [-0.2, 0) is 5.41 Å². The number of hydrogen-bond donors (Lipinski definition) is 0. The van der Waals surface area contributed by atoms with Crippen molar-refractivity contribution < 1.29 is 0 Å². The van der Waals surface area contributed by atoms with Gasteiger partial charge in [0.25, 0.3) is 0 Å². The molecule has 8 aromatic carbocycles. The molecule has 9 rings (SSSR count). The lowest BCUT2D eigenvalue weighted by Crippen LogP contribution is -2.17. The summed E-state index contributed by atoms with van der Waals surface area (Å²) in [6.07, 6.45) is 0. The van der Waals surface area contributed by atoms with Gasteiger partial charge in [-0.15, -0.1) is 0 Å². The molecule has 0 aromatic heterocycles. The maximum atomic E-state index is 2.43. The van der Waals surface area contributed by atoms with Crippen LogP contribution in [0.15, 0.2) is 188 Å². The van der Waals surface area contributed by atoms with Crippen molar-refractivity contribution in [3.05, 3.63) is 199 Å². The van der Waals surface area contributed by atoms with Crippen LogP contribution in [0.1, 0.15) is 25.0 Å². The van der Waals surface area contributed by atoms with E-state index in [1.54, 1.807) is 0 Å². The summed E-state index contributed by atoms with van der Waals surface area (Å²) >= 11 is 0. The Hall–Kier alpha value is -6.18. The molecule has 0 spiro atoms. The van der Waals surface area contributed by atoms with Crippen molar-refractivity contribution in [3.8, 4) is 44.5 Å². The van der Waals surface area contributed by atoms with Crippen LogP contribution >= 0.6 is 0 Å². The fourth-order valence-electron chi connectivity index (χ4n) is 7.92. The highest BCUT2D eigenvalue weighted by atomic mass is 15.1. The van der Waals surface area contributed by atoms with Gasteiger partial charge in [0.05, 0.1) is 0 Å². The molecule has 238 valence electrons. The molecule has 0 fully saturated rings. The van der Waals surface area contributed by atoms with Crippen molar-refractivity contribution in [1.82, 2.24) is 0 Å². The van der Waals surface area contributed by atoms with Gasteiger partial charge in [0.15, 0.2) is 0 Å². The molecule has 0 heterocycles. The first-order valence-corrected chi connectivity index (χ1v) is 17.4. The predicted octanol–water partition coefficient (Wildman–Crippen LogP) is 13.6. The molecule has 0 bridgehead atoms. The van der Waals surface area contributed by atoms with E-state index in [9.17, 15) is 0 Å². The molecule has 0 aliphatic heterocycles. The van der Waals surface area contributed by atoms with E-state index in [1.807, 2.05) is 0 Å². The zero-order valence-electron chi connectivity index (χ0n) is 28.3. The summed E-state index contributed by atoms with van der Waals surface area (Å²) in [6, 6.07) is 68.5. The summed E-state index contributed by atoms with van der Waals surface area (Å²) in [7, 11) is 0. The summed E-state index contributed by atoms with van der Waals surface area (Å²) in [4.78, 5) is 2.40. The van der Waals surface area contributed by atoms with Gasteiger partial charge >= 0.3 is 0 Å². The van der Waals surface area contributed by atoms with Crippen molar-refractivity contribution >= 4 is 27.8 Å². The van der Waals surface area contributed by atoms with Gasteiger partial charge in [0, 0.05) is 22.5 Å². The smallest absolute Gasteiger partial charge is 0.0465 e. The van der Waals surface area contributed by atoms with E-state index in [1.165, 1.54) is 66.4 Å². The standard InChI is InChI=1S/C49H37N/c1-49(2)47-33-43(30-31-45(47)46-19-11-18-44(48(46)49)40-21-20-36-16-9-10-17-39(36)32-40)50(41-26-22-37(23-27-41)34-12-5-3-6-13-34)42-28-24-38(25-29-42)35-14-7-4-8-15-35/h3-33H,1-2H3. The van der Waals surface area contributed by atoms with Crippen molar-refractivity contribution in [2.75, 3.05) is 4.90 Å². The van der Waals surface area contributed by atoms with Crippen LogP contribution < -0.4 is 4.90 Å². The molecule has 1 nitrogen and oxygen atoms in total. The van der Waals surface area contributed by atoms with Crippen molar-refractivity contribution in [2.45, 2.75) is 19.3 Å². The third-order valence-electron chi connectivity index (χ3n) is 10.4. The van der Waals surface area contributed by atoms with E-state index in [2.05, 4.69) is 207 Å². The number of nitrogens with zero attached hydrogens (tertiary/aromatic N) is 1. The van der Waals surface area contributed by atoms with Gasteiger partial charge in [0.1, 0.15) is 0 Å². The van der Waals surface area contributed by atoms with Crippen LogP contribution in [0.5, 0.6) is 0 Å². The van der Waals surface area contributed by atoms with Crippen molar-refractivity contribution in [3.63, 3.8) is 0 Å². The zero-order chi connectivity index (χ0) is 33.7. The van der Waals surface area contributed by atoms with Gasteiger partial charge < -0.3 is 4.90 Å². The summed E-state index contributed by atoms with van der Waals surface area (Å²) in [5.41, 5.74) is 16.0. The molecule has 0 saturated carbocycles. The van der Waals surface area contributed by atoms with Gasteiger partial charge in [-0.1, -0.05) is 159 Å². The van der Waals surface area contributed by atoms with Gasteiger partial charge in [-0.05, 0) is 109 Å². The van der Waals surface area contributed by atoms with Gasteiger partial charge in [-0.25, -0.2) is 0 Å². The Kier molecular flexibility index (Phi) is 7.21. The van der Waals surface area contributed by atoms with Gasteiger partial charge in [-0.2, -0.15) is 0 Å². The first-order valence-electron chi connectivity index (χ1n) is 17.4. The van der Waals surface area contributed by atoms with Crippen LogP contribution in [0.25, 0.3) is 55.3 Å². The largest absolute Gasteiger partial charge is 0.310 e. The Labute approximate surface area is 294 Å². The number of hydrogen-bond acceptors (Lipinski definition) is 1. The molecular weight excluding hydrogens is 603 g/mol. The lowest BCUT2D eigenvalue weighted by atomic mass is 9.78. The molecule has 0 amide bonds. The Morgan fingerprint density at radius 2 is 0.840 bits per heavy atom. The molecule has 0 saturated heterocycles. The molecule has 0 radical (unpaired) electrons. The second kappa shape index (κ2) is 12.1. The number of rotatable bonds is 6. The molecule has 1 aliphatic rings. The lowest BCUT2D eigenvalue weighted by Gasteiger charge is -2.29. The number of anilines is 3. The van der Waals surface area contributed by atoms with Crippen LogP contribution in [-0.4, -0.2) is 0 Å². The SMILES string of the molecule is CC1(C)c2cc(N(c3ccc(-c4ccccc4)cc3)c3ccc(-c4ccccc4)cc3)ccc2-c2cccc(-c3ccc4ccccc4c3)c21. The highest BCUT2D eigenvalue weighted by Crippen LogP contribution is 2.54. The highest BCUT2D eigenvalue weighted by Gasteiger charge is 2.38. The molecule has 1 heteroatoms. The average Bonchev–Trinajstić information content (AvgIpc) is 3.41. The predicted molar refractivity (Wildman–Crippen MR) is 213 cm³/mol. The topological polar surface area (TPSA) is 3.24 Å². The van der Waals surface area contributed by atoms with Crippen LogP contribution in [0.3, 0.4) is 0 Å². The minimum atomic E-state index is -0.192. The highest BCUT2D eigenvalue weighted by molar-refractivity contribution is 5.93. The number of benzene rings is 8. The van der Waals surface area contributed by atoms with E-state index in [-0.39, 0.29) is 5.41 Å². The summed E-state index contributed by atoms with van der Waals surface area (Å²) < 4.78 is 0. The molecular formula is C49H37N. The second-order valence-corrected chi connectivity index (χ2v) is 13.8. The van der Waals surface area contributed by atoms with Gasteiger partial charge in [0.2, 0.25) is 0 Å². The molecule has 50 heavy (non-hydrogen) atoms. The fraction of sp³-hybridized carbons (Fsp3) is 0.0612. The second-order valence-electron chi connectivity index (χ2n) is 13.8. The Morgan fingerprint density at radius 1 is 0.340 bits per heavy atom.